The van der Waals surface area contributed by atoms with Gasteiger partial charge >= 0.3 is 0 Å². The lowest BCUT2D eigenvalue weighted by Crippen LogP contribution is -2.18. The monoisotopic (exact) mass is 278 g/mol. The first-order valence-electron chi connectivity index (χ1n) is 4.70. The Morgan fingerprint density at radius 3 is 2.75 bits per heavy atom. The van der Waals surface area contributed by atoms with Crippen molar-refractivity contribution in [2.24, 2.45) is 10.9 Å². The largest absolute Gasteiger partial charge is 0.409 e. The molecule has 16 heavy (non-hydrogen) atoms. The first-order chi connectivity index (χ1) is 7.69. The van der Waals surface area contributed by atoms with E-state index >= 15 is 0 Å². The molecular weight excluding hydrogens is 264 g/mol. The molecule has 0 aliphatic carbocycles. The standard InChI is InChI=1S/C8H14N4OS3/c1-3-5(4-6(9)12-13)15-8-11-10-7(14-2)16-8/h5,13H,3-4H2,1-2H3,(H2,9,12). The number of hydrogen-bond donors (Lipinski definition) is 2. The molecule has 0 aliphatic heterocycles. The molecular formula is C8H14N4OS3. The van der Waals surface area contributed by atoms with E-state index in [1.165, 1.54) is 0 Å². The van der Waals surface area contributed by atoms with Gasteiger partial charge in [-0.05, 0) is 12.7 Å². The first-order valence-corrected chi connectivity index (χ1v) is 7.62. The molecule has 0 saturated heterocycles. The summed E-state index contributed by atoms with van der Waals surface area (Å²) in [5, 5.41) is 19.9. The fourth-order valence-corrected chi connectivity index (χ4v) is 3.81. The van der Waals surface area contributed by atoms with Crippen molar-refractivity contribution in [1.82, 2.24) is 10.2 Å². The van der Waals surface area contributed by atoms with E-state index in [-0.39, 0.29) is 11.1 Å². The van der Waals surface area contributed by atoms with E-state index in [2.05, 4.69) is 22.3 Å². The van der Waals surface area contributed by atoms with Crippen LogP contribution in [0.5, 0.6) is 0 Å². The Morgan fingerprint density at radius 2 is 2.25 bits per heavy atom. The summed E-state index contributed by atoms with van der Waals surface area (Å²) in [6.07, 6.45) is 3.48. The summed E-state index contributed by atoms with van der Waals surface area (Å²) in [4.78, 5) is 0. The third-order valence-corrected chi connectivity index (χ3v) is 5.20. The maximum absolute atomic E-state index is 8.51. The molecule has 1 aromatic heterocycles. The van der Waals surface area contributed by atoms with Crippen LogP contribution in [-0.4, -0.2) is 32.7 Å². The van der Waals surface area contributed by atoms with Crippen LogP contribution in [0.3, 0.4) is 0 Å². The molecule has 0 saturated carbocycles. The Balaban J connectivity index is 2.55. The highest BCUT2D eigenvalue weighted by molar-refractivity contribution is 8.03. The van der Waals surface area contributed by atoms with Crippen LogP contribution < -0.4 is 5.73 Å². The van der Waals surface area contributed by atoms with Crippen LogP contribution >= 0.6 is 34.9 Å². The minimum atomic E-state index is 0.258. The summed E-state index contributed by atoms with van der Waals surface area (Å²) >= 11 is 4.79. The van der Waals surface area contributed by atoms with Gasteiger partial charge in [0.1, 0.15) is 5.84 Å². The smallest absolute Gasteiger partial charge is 0.175 e. The molecule has 8 heteroatoms. The Morgan fingerprint density at radius 1 is 1.56 bits per heavy atom. The van der Waals surface area contributed by atoms with E-state index < -0.39 is 0 Å². The minimum Gasteiger partial charge on any atom is -0.409 e. The molecule has 1 aromatic rings. The van der Waals surface area contributed by atoms with Crippen molar-refractivity contribution in [2.45, 2.75) is 33.7 Å². The number of nitrogens with two attached hydrogens (primary N) is 1. The Bertz CT molecular complexity index is 355. The van der Waals surface area contributed by atoms with Gasteiger partial charge in [0.15, 0.2) is 8.68 Å². The quantitative estimate of drug-likeness (QED) is 0.273. The highest BCUT2D eigenvalue weighted by atomic mass is 32.2. The maximum atomic E-state index is 8.51. The summed E-state index contributed by atoms with van der Waals surface area (Å²) in [5.74, 6) is 0.258. The van der Waals surface area contributed by atoms with Gasteiger partial charge in [0, 0.05) is 11.7 Å². The van der Waals surface area contributed by atoms with E-state index in [9.17, 15) is 0 Å². The second-order valence-electron chi connectivity index (χ2n) is 2.98. The van der Waals surface area contributed by atoms with Crippen LogP contribution in [0.4, 0.5) is 0 Å². The normalized spacial score (nSPS) is 14.0. The molecule has 0 aromatic carbocycles. The highest BCUT2D eigenvalue weighted by Crippen LogP contribution is 2.32. The zero-order valence-electron chi connectivity index (χ0n) is 9.08. The third kappa shape index (κ3) is 4.18. The minimum absolute atomic E-state index is 0.258. The first kappa shape index (κ1) is 13.6. The predicted molar refractivity (Wildman–Crippen MR) is 69.7 cm³/mol. The summed E-state index contributed by atoms with van der Waals surface area (Å²) in [5.41, 5.74) is 5.48. The van der Waals surface area contributed by atoms with Gasteiger partial charge in [-0.25, -0.2) is 0 Å². The average molecular weight is 278 g/mol. The zero-order chi connectivity index (χ0) is 12.0. The fraction of sp³-hybridized carbons (Fsp3) is 0.625. The summed E-state index contributed by atoms with van der Waals surface area (Å²) in [6.45, 7) is 2.07. The molecule has 0 radical (unpaired) electrons. The second kappa shape index (κ2) is 6.97. The molecule has 1 unspecified atom stereocenters. The maximum Gasteiger partial charge on any atom is 0.175 e. The van der Waals surface area contributed by atoms with Crippen molar-refractivity contribution in [3.05, 3.63) is 0 Å². The lowest BCUT2D eigenvalue weighted by molar-refractivity contribution is 0.316. The van der Waals surface area contributed by atoms with Gasteiger partial charge in [0.25, 0.3) is 0 Å². The van der Waals surface area contributed by atoms with Crippen LogP contribution in [0.2, 0.25) is 0 Å². The number of aromatic nitrogens is 2. The van der Waals surface area contributed by atoms with E-state index in [1.807, 2.05) is 6.26 Å². The van der Waals surface area contributed by atoms with Crippen molar-refractivity contribution in [3.8, 4) is 0 Å². The third-order valence-electron chi connectivity index (χ3n) is 1.85. The van der Waals surface area contributed by atoms with Gasteiger partial charge in [-0.3, -0.25) is 0 Å². The Labute approximate surface area is 107 Å². The molecule has 90 valence electrons. The number of nitrogens with zero attached hydrogens (tertiary/aromatic N) is 3. The van der Waals surface area contributed by atoms with Crippen LogP contribution in [0.15, 0.2) is 13.8 Å². The van der Waals surface area contributed by atoms with E-state index in [4.69, 9.17) is 10.9 Å². The van der Waals surface area contributed by atoms with Crippen molar-refractivity contribution in [3.63, 3.8) is 0 Å². The Kier molecular flexibility index (Phi) is 5.93. The lowest BCUT2D eigenvalue weighted by atomic mass is 10.2. The topological polar surface area (TPSA) is 84.4 Å². The molecule has 0 bridgehead atoms. The number of rotatable bonds is 6. The van der Waals surface area contributed by atoms with Crippen molar-refractivity contribution in [2.75, 3.05) is 6.26 Å². The molecule has 1 atom stereocenters. The number of thioether (sulfide) groups is 2. The Hall–Kier alpha value is -0.470. The number of amidine groups is 1. The molecule has 0 spiro atoms. The zero-order valence-corrected chi connectivity index (χ0v) is 11.5. The second-order valence-corrected chi connectivity index (χ2v) is 6.56. The van der Waals surface area contributed by atoms with Crippen LogP contribution in [0, 0.1) is 0 Å². The summed E-state index contributed by atoms with van der Waals surface area (Å²) in [7, 11) is 0. The molecule has 0 amide bonds. The van der Waals surface area contributed by atoms with Crippen molar-refractivity contribution in [1.29, 1.82) is 0 Å². The fourth-order valence-electron chi connectivity index (χ4n) is 1.01. The molecule has 3 N–H and O–H groups in total. The van der Waals surface area contributed by atoms with Crippen LogP contribution in [0.1, 0.15) is 19.8 Å². The molecule has 5 nitrogen and oxygen atoms in total. The van der Waals surface area contributed by atoms with Gasteiger partial charge in [0.05, 0.1) is 0 Å². The SMILES string of the molecule is CCC(CC(N)=NO)Sc1nnc(SC)s1. The molecule has 0 fully saturated rings. The van der Waals surface area contributed by atoms with Gasteiger partial charge < -0.3 is 10.9 Å². The van der Waals surface area contributed by atoms with E-state index in [1.54, 1.807) is 34.9 Å². The lowest BCUT2D eigenvalue weighted by Gasteiger charge is -2.10. The van der Waals surface area contributed by atoms with Crippen LogP contribution in [-0.2, 0) is 0 Å². The summed E-state index contributed by atoms with van der Waals surface area (Å²) < 4.78 is 1.89. The van der Waals surface area contributed by atoms with E-state index in [0.29, 0.717) is 6.42 Å². The van der Waals surface area contributed by atoms with E-state index in [0.717, 1.165) is 15.1 Å². The predicted octanol–water partition coefficient (Wildman–Crippen LogP) is 2.27. The summed E-state index contributed by atoms with van der Waals surface area (Å²) in [6, 6.07) is 0. The number of hydrogen-bond acceptors (Lipinski definition) is 7. The molecule has 0 aliphatic rings. The van der Waals surface area contributed by atoms with Crippen molar-refractivity contribution < 1.29 is 5.21 Å². The molecule has 1 heterocycles. The number of oxime groups is 1. The van der Waals surface area contributed by atoms with Gasteiger partial charge in [-0.15, -0.1) is 10.2 Å². The van der Waals surface area contributed by atoms with Crippen LogP contribution in [0.25, 0.3) is 0 Å². The molecule has 1 rings (SSSR count). The average Bonchev–Trinajstić information content (AvgIpc) is 2.75. The highest BCUT2D eigenvalue weighted by Gasteiger charge is 2.14. The van der Waals surface area contributed by atoms with Gasteiger partial charge in [-0.1, -0.05) is 46.9 Å². The van der Waals surface area contributed by atoms with Crippen molar-refractivity contribution >= 4 is 40.7 Å². The van der Waals surface area contributed by atoms with Gasteiger partial charge in [0.2, 0.25) is 0 Å². The van der Waals surface area contributed by atoms with Gasteiger partial charge in [-0.2, -0.15) is 0 Å².